The van der Waals surface area contributed by atoms with Crippen molar-refractivity contribution in [2.75, 3.05) is 9.80 Å². The van der Waals surface area contributed by atoms with Gasteiger partial charge >= 0.3 is 0 Å². The minimum Gasteiger partial charge on any atom is -0.310 e. The molecule has 75 heavy (non-hydrogen) atoms. The number of rotatable bonds is 8. The number of benzene rings is 11. The summed E-state index contributed by atoms with van der Waals surface area (Å²) in [6.45, 7) is 18.6. The van der Waals surface area contributed by atoms with Crippen LogP contribution >= 0.6 is 0 Å². The van der Waals surface area contributed by atoms with Gasteiger partial charge in [0.05, 0.1) is 0 Å². The summed E-state index contributed by atoms with van der Waals surface area (Å²) < 4.78 is 0. The molecule has 2 nitrogen and oxygen atoms in total. The van der Waals surface area contributed by atoms with E-state index in [2.05, 4.69) is 296 Å². The highest BCUT2D eigenvalue weighted by Crippen LogP contribution is 2.55. The fourth-order valence-corrected chi connectivity index (χ4v) is 12.8. The highest BCUT2D eigenvalue weighted by molar-refractivity contribution is 6.23. The monoisotopic (exact) mass is 966 g/mol. The fraction of sp³-hybridized carbons (Fsp3) is 0.151. The maximum atomic E-state index is 2.52. The molecule has 0 heterocycles. The van der Waals surface area contributed by atoms with Crippen molar-refractivity contribution < 1.29 is 0 Å². The molecule has 11 aromatic carbocycles. The van der Waals surface area contributed by atoms with Gasteiger partial charge in [-0.05, 0) is 197 Å². The highest BCUT2D eigenvalue weighted by atomic mass is 15.1. The second-order valence-corrected chi connectivity index (χ2v) is 23.0. The first kappa shape index (κ1) is 46.3. The molecule has 2 heteroatoms. The highest BCUT2D eigenvalue weighted by Gasteiger charge is 2.37. The topological polar surface area (TPSA) is 6.48 Å². The van der Waals surface area contributed by atoms with Crippen molar-refractivity contribution in [2.24, 2.45) is 0 Å². The summed E-state index contributed by atoms with van der Waals surface area (Å²) in [5.41, 5.74) is 24.6. The van der Waals surface area contributed by atoms with Crippen molar-refractivity contribution in [2.45, 2.75) is 71.6 Å². The fourth-order valence-electron chi connectivity index (χ4n) is 12.8. The number of hydrogen-bond donors (Lipinski definition) is 0. The van der Waals surface area contributed by atoms with E-state index >= 15 is 0 Å². The molecule has 0 saturated heterocycles. The van der Waals surface area contributed by atoms with Crippen LogP contribution in [0.3, 0.4) is 0 Å². The molecule has 0 atom stereocenters. The summed E-state index contributed by atoms with van der Waals surface area (Å²) in [7, 11) is 0. The zero-order valence-electron chi connectivity index (χ0n) is 44.3. The molecule has 13 rings (SSSR count). The summed E-state index contributed by atoms with van der Waals surface area (Å²) >= 11 is 0. The molecule has 2 aliphatic carbocycles. The molecule has 0 N–H and O–H groups in total. The average molecular weight is 967 g/mol. The molecule has 0 aliphatic heterocycles. The average Bonchev–Trinajstić information content (AvgIpc) is 3.85. The van der Waals surface area contributed by atoms with E-state index in [4.69, 9.17) is 0 Å². The molecule has 364 valence electrons. The number of aryl methyl sites for hydroxylation is 1. The SMILES string of the molecule is Cc1cccc(N(c2ccc(C(C)(C)C)cc2)c2ccc3c(-c4ccc5c(c4)C(C)(C)c4ccccc4-5)c4cc(N(c5ccccc5)c5ccccc5)ccc4c(-c4ccc5c(c4)C(C)(C)c4ccccc4-5)c3c2)c1. The number of hydrogen-bond acceptors (Lipinski definition) is 2. The number of nitrogens with zero attached hydrogens (tertiary/aromatic N) is 2. The summed E-state index contributed by atoms with van der Waals surface area (Å²) in [5.74, 6) is 0. The maximum Gasteiger partial charge on any atom is 0.0468 e. The lowest BCUT2D eigenvalue weighted by Crippen LogP contribution is -2.15. The van der Waals surface area contributed by atoms with E-state index in [1.165, 1.54) is 99.4 Å². The van der Waals surface area contributed by atoms with Gasteiger partial charge in [-0.15, -0.1) is 0 Å². The van der Waals surface area contributed by atoms with Crippen LogP contribution < -0.4 is 9.80 Å². The molecular weight excluding hydrogens is 905 g/mol. The first-order chi connectivity index (χ1) is 36.3. The van der Waals surface area contributed by atoms with Crippen molar-refractivity contribution in [1.82, 2.24) is 0 Å². The molecule has 0 spiro atoms. The van der Waals surface area contributed by atoms with E-state index < -0.39 is 0 Å². The summed E-state index contributed by atoms with van der Waals surface area (Å²) in [4.78, 5) is 4.85. The molecule has 0 saturated carbocycles. The predicted octanol–water partition coefficient (Wildman–Crippen LogP) is 20.5. The van der Waals surface area contributed by atoms with Crippen LogP contribution in [-0.4, -0.2) is 0 Å². The molecule has 11 aromatic rings. The quantitative estimate of drug-likeness (QED) is 0.140. The second-order valence-electron chi connectivity index (χ2n) is 23.0. The summed E-state index contributed by atoms with van der Waals surface area (Å²) in [6.07, 6.45) is 0. The Morgan fingerprint density at radius 2 is 0.693 bits per heavy atom. The van der Waals surface area contributed by atoms with E-state index in [9.17, 15) is 0 Å². The van der Waals surface area contributed by atoms with Crippen LogP contribution in [0.5, 0.6) is 0 Å². The standard InChI is InChI=1S/C73H62N2/c1-47-20-19-25-54(42-47)75(53-34-32-50(33-35-53)71(2,3)4)56-37-41-62-64(46-56)70(49-31-39-60-58-27-16-18-29-66(58)73(7,8)68(60)44-49)61-40-36-55(74(51-21-11-9-12-22-51)52-23-13-10-14-24-52)45-63(61)69(62)48-30-38-59-57-26-15-17-28-65(57)72(5,6)67(59)43-48/h9-46H,1-8H3. The second kappa shape index (κ2) is 17.3. The Morgan fingerprint density at radius 1 is 0.307 bits per heavy atom. The van der Waals surface area contributed by atoms with Gasteiger partial charge in [-0.2, -0.15) is 0 Å². The van der Waals surface area contributed by atoms with Crippen molar-refractivity contribution in [3.8, 4) is 44.5 Å². The van der Waals surface area contributed by atoms with E-state index in [1.807, 2.05) is 0 Å². The Kier molecular flexibility index (Phi) is 10.7. The molecule has 0 radical (unpaired) electrons. The number of anilines is 6. The summed E-state index contributed by atoms with van der Waals surface area (Å²) in [6, 6.07) is 86.8. The van der Waals surface area contributed by atoms with Crippen LogP contribution in [0.25, 0.3) is 66.1 Å². The Morgan fingerprint density at radius 3 is 1.16 bits per heavy atom. The van der Waals surface area contributed by atoms with Gasteiger partial charge in [0.15, 0.2) is 0 Å². The van der Waals surface area contributed by atoms with Crippen molar-refractivity contribution in [3.63, 3.8) is 0 Å². The van der Waals surface area contributed by atoms with Gasteiger partial charge < -0.3 is 9.80 Å². The van der Waals surface area contributed by atoms with Gasteiger partial charge in [-0.25, -0.2) is 0 Å². The lowest BCUT2D eigenvalue weighted by Gasteiger charge is -2.29. The lowest BCUT2D eigenvalue weighted by molar-refractivity contribution is 0.590. The van der Waals surface area contributed by atoms with Crippen molar-refractivity contribution in [3.05, 3.63) is 264 Å². The first-order valence-corrected chi connectivity index (χ1v) is 26.7. The van der Waals surface area contributed by atoms with Gasteiger partial charge in [0.25, 0.3) is 0 Å². The third-order valence-corrected chi connectivity index (χ3v) is 16.6. The molecular formula is C73H62N2. The molecule has 2 aliphatic rings. The Bertz CT molecular complexity index is 4000. The van der Waals surface area contributed by atoms with Gasteiger partial charge in [-0.1, -0.05) is 194 Å². The number of fused-ring (bicyclic) bond motifs is 8. The maximum absolute atomic E-state index is 2.52. The summed E-state index contributed by atoms with van der Waals surface area (Å²) in [5, 5.41) is 4.86. The van der Waals surface area contributed by atoms with Gasteiger partial charge in [0.1, 0.15) is 0 Å². The van der Waals surface area contributed by atoms with E-state index in [0.29, 0.717) is 0 Å². The minimum absolute atomic E-state index is 0.0302. The molecule has 0 bridgehead atoms. The Hall–Kier alpha value is -8.46. The van der Waals surface area contributed by atoms with Gasteiger partial charge in [-0.3, -0.25) is 0 Å². The normalized spacial score (nSPS) is 13.8. The van der Waals surface area contributed by atoms with Crippen LogP contribution in [0.15, 0.2) is 231 Å². The van der Waals surface area contributed by atoms with Crippen molar-refractivity contribution >= 4 is 55.7 Å². The van der Waals surface area contributed by atoms with Crippen LogP contribution in [0, 0.1) is 6.92 Å². The molecule has 0 aromatic heterocycles. The largest absolute Gasteiger partial charge is 0.310 e. The van der Waals surface area contributed by atoms with E-state index in [1.54, 1.807) is 0 Å². The predicted molar refractivity (Wildman–Crippen MR) is 320 cm³/mol. The van der Waals surface area contributed by atoms with Crippen LogP contribution in [0.4, 0.5) is 34.1 Å². The lowest BCUT2D eigenvalue weighted by atomic mass is 9.79. The van der Waals surface area contributed by atoms with Crippen LogP contribution in [-0.2, 0) is 16.2 Å². The zero-order chi connectivity index (χ0) is 51.4. The molecule has 0 unspecified atom stereocenters. The zero-order valence-corrected chi connectivity index (χ0v) is 44.3. The number of para-hydroxylation sites is 2. The Balaban J connectivity index is 1.14. The Labute approximate surface area is 443 Å². The van der Waals surface area contributed by atoms with E-state index in [0.717, 1.165) is 34.1 Å². The van der Waals surface area contributed by atoms with Gasteiger partial charge in [0, 0.05) is 45.0 Å². The third kappa shape index (κ3) is 7.52. The van der Waals surface area contributed by atoms with Crippen molar-refractivity contribution in [1.29, 1.82) is 0 Å². The third-order valence-electron chi connectivity index (χ3n) is 16.6. The van der Waals surface area contributed by atoms with Gasteiger partial charge in [0.2, 0.25) is 0 Å². The minimum atomic E-state index is -0.173. The molecule has 0 amide bonds. The smallest absolute Gasteiger partial charge is 0.0468 e. The van der Waals surface area contributed by atoms with E-state index in [-0.39, 0.29) is 16.2 Å². The van der Waals surface area contributed by atoms with Crippen LogP contribution in [0.1, 0.15) is 81.8 Å². The molecule has 0 fully saturated rings. The van der Waals surface area contributed by atoms with Crippen LogP contribution in [0.2, 0.25) is 0 Å². The first-order valence-electron chi connectivity index (χ1n) is 26.7.